The Morgan fingerprint density at radius 1 is 1.13 bits per heavy atom. The molecule has 9 nitrogen and oxygen atoms in total. The molecule has 4 atom stereocenters. The summed E-state index contributed by atoms with van der Waals surface area (Å²) in [5.74, 6) is -0.383. The van der Waals surface area contributed by atoms with Crippen LogP contribution in [0.15, 0.2) is 36.4 Å². The highest BCUT2D eigenvalue weighted by Crippen LogP contribution is 2.41. The SMILES string of the molecule is CCOc1cc2c(cc1NC(=O)CCCN(C)C)C(Nc1ccc(OCC3NCCCC3C)c(OC(F)(F)F)c1)C(C#N)CC/C=C/2. The molecular weight excluding hydrogens is 611 g/mol. The summed E-state index contributed by atoms with van der Waals surface area (Å²) in [5.41, 5.74) is 2.27. The zero-order chi connectivity index (χ0) is 34.0. The fraction of sp³-hybridized carbons (Fsp3) is 0.543. The number of halogens is 3. The molecule has 0 aromatic heterocycles. The van der Waals surface area contributed by atoms with Gasteiger partial charge in [0.05, 0.1) is 30.3 Å². The van der Waals surface area contributed by atoms with Crippen molar-refractivity contribution < 1.29 is 32.2 Å². The van der Waals surface area contributed by atoms with Gasteiger partial charge in [0.25, 0.3) is 0 Å². The van der Waals surface area contributed by atoms with E-state index in [0.29, 0.717) is 60.9 Å². The average Bonchev–Trinajstić information content (AvgIpc) is 3.00. The lowest BCUT2D eigenvalue weighted by Gasteiger charge is -2.30. The molecule has 47 heavy (non-hydrogen) atoms. The predicted molar refractivity (Wildman–Crippen MR) is 177 cm³/mol. The molecule has 2 aromatic carbocycles. The second-order valence-corrected chi connectivity index (χ2v) is 12.4. The van der Waals surface area contributed by atoms with Crippen LogP contribution in [-0.4, -0.2) is 63.6 Å². The molecule has 0 bridgehead atoms. The Morgan fingerprint density at radius 3 is 2.64 bits per heavy atom. The first-order chi connectivity index (χ1) is 22.5. The van der Waals surface area contributed by atoms with Crippen molar-refractivity contribution >= 4 is 23.4 Å². The Balaban J connectivity index is 1.67. The van der Waals surface area contributed by atoms with Crippen molar-refractivity contribution in [3.8, 4) is 23.3 Å². The van der Waals surface area contributed by atoms with E-state index in [1.807, 2.05) is 44.1 Å². The van der Waals surface area contributed by atoms with Crippen LogP contribution in [0.5, 0.6) is 17.2 Å². The van der Waals surface area contributed by atoms with Crippen molar-refractivity contribution in [2.24, 2.45) is 11.8 Å². The molecule has 0 spiro atoms. The van der Waals surface area contributed by atoms with Gasteiger partial charge in [0.15, 0.2) is 11.5 Å². The lowest BCUT2D eigenvalue weighted by atomic mass is 9.85. The van der Waals surface area contributed by atoms with Crippen LogP contribution in [0.25, 0.3) is 6.08 Å². The number of allylic oxidation sites excluding steroid dienone is 1. The Bertz CT molecular complexity index is 1430. The van der Waals surface area contributed by atoms with Crippen molar-refractivity contribution in [2.75, 3.05) is 51.0 Å². The molecule has 4 unspecified atom stereocenters. The summed E-state index contributed by atoms with van der Waals surface area (Å²) in [6.07, 6.45) is 3.19. The van der Waals surface area contributed by atoms with Crippen molar-refractivity contribution in [2.45, 2.75) is 70.8 Å². The molecule has 1 amide bonds. The predicted octanol–water partition coefficient (Wildman–Crippen LogP) is 7.13. The number of alkyl halides is 3. The Labute approximate surface area is 275 Å². The van der Waals surface area contributed by atoms with Gasteiger partial charge >= 0.3 is 6.36 Å². The standard InChI is InChI=1S/C35H46F3N5O4/c1-5-45-31-18-24-11-6-7-12-25(21-39)34(27(24)20-28(31)42-33(44)13-9-17-43(3)4)41-26-14-15-30(32(19-26)47-35(36,37)38)46-22-29-23(2)10-8-16-40-29/h6,11,14-15,18-20,23,25,29,34,40-41H,5,7-10,12-13,16-17,22H2,1-4H3,(H,42,44)/b11-6+. The van der Waals surface area contributed by atoms with Gasteiger partial charge in [0.2, 0.25) is 5.91 Å². The van der Waals surface area contributed by atoms with E-state index < -0.39 is 24.1 Å². The van der Waals surface area contributed by atoms with Crippen molar-refractivity contribution in [3.05, 3.63) is 47.5 Å². The molecule has 0 saturated carbocycles. The summed E-state index contributed by atoms with van der Waals surface area (Å²) in [7, 11) is 3.89. The number of nitriles is 1. The number of hydrogen-bond donors (Lipinski definition) is 3. The van der Waals surface area contributed by atoms with Gasteiger partial charge in [-0.05, 0) is 108 Å². The number of ether oxygens (including phenoxy) is 3. The van der Waals surface area contributed by atoms with E-state index in [1.165, 1.54) is 12.1 Å². The van der Waals surface area contributed by atoms with E-state index in [-0.39, 0.29) is 24.3 Å². The molecule has 1 saturated heterocycles. The van der Waals surface area contributed by atoms with Gasteiger partial charge in [-0.2, -0.15) is 5.26 Å². The van der Waals surface area contributed by atoms with Crippen LogP contribution in [0, 0.1) is 23.2 Å². The normalized spacial score (nSPS) is 21.9. The largest absolute Gasteiger partial charge is 0.573 e. The molecule has 0 radical (unpaired) electrons. The van der Waals surface area contributed by atoms with Crippen LogP contribution in [0.2, 0.25) is 0 Å². The van der Waals surface area contributed by atoms with Gasteiger partial charge in [-0.3, -0.25) is 4.79 Å². The third-order valence-corrected chi connectivity index (χ3v) is 8.45. The number of carbonyl (C=O) groups is 1. The Morgan fingerprint density at radius 2 is 1.94 bits per heavy atom. The molecule has 2 aliphatic rings. The number of amides is 1. The molecule has 1 heterocycles. The summed E-state index contributed by atoms with van der Waals surface area (Å²) in [4.78, 5) is 14.9. The molecule has 12 heteroatoms. The third-order valence-electron chi connectivity index (χ3n) is 8.45. The maximum absolute atomic E-state index is 13.5. The maximum Gasteiger partial charge on any atom is 0.573 e. The monoisotopic (exact) mass is 657 g/mol. The second-order valence-electron chi connectivity index (χ2n) is 12.4. The number of carbonyl (C=O) groups excluding carboxylic acids is 1. The fourth-order valence-corrected chi connectivity index (χ4v) is 5.97. The van der Waals surface area contributed by atoms with Crippen molar-refractivity contribution in [1.82, 2.24) is 10.2 Å². The summed E-state index contributed by atoms with van der Waals surface area (Å²) in [6, 6.07) is 9.73. The first kappa shape index (κ1) is 35.9. The zero-order valence-electron chi connectivity index (χ0n) is 27.6. The van der Waals surface area contributed by atoms with Gasteiger partial charge in [-0.15, -0.1) is 13.2 Å². The molecule has 1 aliphatic carbocycles. The van der Waals surface area contributed by atoms with E-state index in [2.05, 4.69) is 33.7 Å². The first-order valence-electron chi connectivity index (χ1n) is 16.3. The molecule has 3 N–H and O–H groups in total. The minimum absolute atomic E-state index is 0.0143. The van der Waals surface area contributed by atoms with Crippen LogP contribution in [0.4, 0.5) is 24.5 Å². The third kappa shape index (κ3) is 10.5. The summed E-state index contributed by atoms with van der Waals surface area (Å²) in [6.45, 7) is 6.11. The van der Waals surface area contributed by atoms with Gasteiger partial charge in [-0.1, -0.05) is 19.1 Å². The van der Waals surface area contributed by atoms with Crippen molar-refractivity contribution in [1.29, 1.82) is 5.26 Å². The van der Waals surface area contributed by atoms with Crippen LogP contribution in [0.3, 0.4) is 0 Å². The minimum atomic E-state index is -4.94. The average molecular weight is 658 g/mol. The van der Waals surface area contributed by atoms with Crippen molar-refractivity contribution in [3.63, 3.8) is 0 Å². The highest BCUT2D eigenvalue weighted by Gasteiger charge is 2.34. The van der Waals surface area contributed by atoms with Gasteiger partial charge in [0.1, 0.15) is 12.4 Å². The number of piperidine rings is 1. The van der Waals surface area contributed by atoms with Crippen LogP contribution in [-0.2, 0) is 4.79 Å². The van der Waals surface area contributed by atoms with Crippen LogP contribution < -0.4 is 30.2 Å². The van der Waals surface area contributed by atoms with E-state index in [4.69, 9.17) is 9.47 Å². The fourth-order valence-electron chi connectivity index (χ4n) is 5.97. The van der Waals surface area contributed by atoms with Gasteiger partial charge in [-0.25, -0.2) is 0 Å². The van der Waals surface area contributed by atoms with E-state index in [1.54, 1.807) is 12.1 Å². The zero-order valence-corrected chi connectivity index (χ0v) is 27.6. The highest BCUT2D eigenvalue weighted by molar-refractivity contribution is 5.93. The molecule has 1 fully saturated rings. The number of hydrogen-bond acceptors (Lipinski definition) is 8. The lowest BCUT2D eigenvalue weighted by molar-refractivity contribution is -0.275. The highest BCUT2D eigenvalue weighted by atomic mass is 19.4. The topological polar surface area (TPSA) is 108 Å². The summed E-state index contributed by atoms with van der Waals surface area (Å²) in [5, 5.41) is 19.9. The molecule has 256 valence electrons. The summed E-state index contributed by atoms with van der Waals surface area (Å²) < 4.78 is 56.8. The van der Waals surface area contributed by atoms with Gasteiger partial charge in [0, 0.05) is 24.2 Å². The van der Waals surface area contributed by atoms with Gasteiger partial charge < -0.3 is 35.1 Å². The number of fused-ring (bicyclic) bond motifs is 1. The molecule has 2 aromatic rings. The molecule has 4 rings (SSSR count). The Hall–Kier alpha value is -3.95. The first-order valence-corrected chi connectivity index (χ1v) is 16.3. The molecular formula is C35H46F3N5O4. The number of nitrogens with zero attached hydrogens (tertiary/aromatic N) is 2. The number of benzene rings is 2. The smallest absolute Gasteiger partial charge is 0.492 e. The van der Waals surface area contributed by atoms with E-state index in [0.717, 1.165) is 31.5 Å². The van der Waals surface area contributed by atoms with Crippen LogP contribution in [0.1, 0.15) is 69.5 Å². The van der Waals surface area contributed by atoms with E-state index in [9.17, 15) is 23.2 Å². The molecule has 1 aliphatic heterocycles. The Kier molecular flexibility index (Phi) is 12.8. The second kappa shape index (κ2) is 16.7. The number of anilines is 2. The van der Waals surface area contributed by atoms with Crippen LogP contribution >= 0.6 is 0 Å². The number of nitrogens with one attached hydrogen (secondary N) is 3. The summed E-state index contributed by atoms with van der Waals surface area (Å²) >= 11 is 0. The lowest BCUT2D eigenvalue weighted by Crippen LogP contribution is -2.44. The minimum Gasteiger partial charge on any atom is -0.492 e. The maximum atomic E-state index is 13.5. The quantitative estimate of drug-likeness (QED) is 0.209. The number of rotatable bonds is 13. The van der Waals surface area contributed by atoms with E-state index >= 15 is 0 Å².